The van der Waals surface area contributed by atoms with Crippen LogP contribution in [0.3, 0.4) is 0 Å². The Morgan fingerprint density at radius 3 is 2.54 bits per heavy atom. The van der Waals surface area contributed by atoms with Crippen LogP contribution in [0.4, 0.5) is 9.18 Å². The molecule has 0 unspecified atom stereocenters. The SMILES string of the molecule is CCOC(=O)C1([C@H]2CN(C(=O)OCc3ccccc3)C[C@@H]2F)CC1. The Labute approximate surface area is 140 Å². The number of likely N-dealkylation sites (tertiary alicyclic amines) is 1. The molecule has 2 atom stereocenters. The fourth-order valence-corrected chi connectivity index (χ4v) is 3.38. The average Bonchev–Trinajstić information content (AvgIpc) is 3.30. The van der Waals surface area contributed by atoms with Gasteiger partial charge in [-0.1, -0.05) is 30.3 Å². The highest BCUT2D eigenvalue weighted by atomic mass is 19.1. The maximum atomic E-state index is 14.4. The molecule has 1 saturated carbocycles. The van der Waals surface area contributed by atoms with Crippen molar-refractivity contribution in [3.63, 3.8) is 0 Å². The van der Waals surface area contributed by atoms with Gasteiger partial charge in [-0.15, -0.1) is 0 Å². The topological polar surface area (TPSA) is 55.8 Å². The zero-order chi connectivity index (χ0) is 17.2. The zero-order valence-corrected chi connectivity index (χ0v) is 13.7. The molecule has 5 nitrogen and oxygen atoms in total. The number of hydrogen-bond donors (Lipinski definition) is 0. The lowest BCUT2D eigenvalue weighted by atomic mass is 9.87. The summed E-state index contributed by atoms with van der Waals surface area (Å²) in [4.78, 5) is 25.7. The van der Waals surface area contributed by atoms with Crippen molar-refractivity contribution in [2.75, 3.05) is 19.7 Å². The molecule has 0 bridgehead atoms. The van der Waals surface area contributed by atoms with Crippen molar-refractivity contribution >= 4 is 12.1 Å². The van der Waals surface area contributed by atoms with Crippen molar-refractivity contribution < 1.29 is 23.5 Å². The predicted molar refractivity (Wildman–Crippen MR) is 84.9 cm³/mol. The number of ether oxygens (including phenoxy) is 2. The maximum absolute atomic E-state index is 14.4. The van der Waals surface area contributed by atoms with Crippen molar-refractivity contribution in [3.05, 3.63) is 35.9 Å². The van der Waals surface area contributed by atoms with Gasteiger partial charge in [-0.2, -0.15) is 0 Å². The van der Waals surface area contributed by atoms with Gasteiger partial charge in [-0.3, -0.25) is 4.79 Å². The van der Waals surface area contributed by atoms with Crippen LogP contribution in [0, 0.1) is 11.3 Å². The summed E-state index contributed by atoms with van der Waals surface area (Å²) < 4.78 is 24.8. The van der Waals surface area contributed by atoms with E-state index in [0.717, 1.165) is 5.56 Å². The maximum Gasteiger partial charge on any atom is 0.410 e. The van der Waals surface area contributed by atoms with E-state index in [2.05, 4.69) is 0 Å². The first-order valence-corrected chi connectivity index (χ1v) is 8.34. The predicted octanol–water partition coefficient (Wildman–Crippen LogP) is 2.94. The van der Waals surface area contributed by atoms with Gasteiger partial charge in [0.15, 0.2) is 0 Å². The lowest BCUT2D eigenvalue weighted by Gasteiger charge is -2.22. The minimum Gasteiger partial charge on any atom is -0.466 e. The van der Waals surface area contributed by atoms with Crippen molar-refractivity contribution in [2.45, 2.75) is 32.5 Å². The first-order valence-electron chi connectivity index (χ1n) is 8.34. The number of nitrogens with zero attached hydrogens (tertiary/aromatic N) is 1. The molecule has 6 heteroatoms. The summed E-state index contributed by atoms with van der Waals surface area (Å²) >= 11 is 0. The Bertz CT molecular complexity index is 602. The van der Waals surface area contributed by atoms with Gasteiger partial charge in [-0.25, -0.2) is 9.18 Å². The van der Waals surface area contributed by atoms with E-state index < -0.39 is 23.6 Å². The van der Waals surface area contributed by atoms with Gasteiger partial charge >= 0.3 is 12.1 Å². The van der Waals surface area contributed by atoms with Crippen LogP contribution in [0.15, 0.2) is 30.3 Å². The molecule has 1 saturated heterocycles. The third-order valence-corrected chi connectivity index (χ3v) is 4.89. The minimum atomic E-state index is -1.22. The smallest absolute Gasteiger partial charge is 0.410 e. The summed E-state index contributed by atoms with van der Waals surface area (Å²) in [5, 5.41) is 0. The molecule has 1 amide bonds. The van der Waals surface area contributed by atoms with Gasteiger partial charge in [0.05, 0.1) is 18.6 Å². The summed E-state index contributed by atoms with van der Waals surface area (Å²) in [5.74, 6) is -0.835. The number of alkyl halides is 1. The number of halogens is 1. The van der Waals surface area contributed by atoms with E-state index in [9.17, 15) is 14.0 Å². The summed E-state index contributed by atoms with van der Waals surface area (Å²) in [6, 6.07) is 9.33. The Morgan fingerprint density at radius 1 is 1.21 bits per heavy atom. The van der Waals surface area contributed by atoms with E-state index >= 15 is 0 Å². The van der Waals surface area contributed by atoms with Crippen molar-refractivity contribution in [2.24, 2.45) is 11.3 Å². The number of carbonyl (C=O) groups is 2. The number of benzene rings is 1. The van der Waals surface area contributed by atoms with Crippen LogP contribution in [0.2, 0.25) is 0 Å². The highest BCUT2D eigenvalue weighted by molar-refractivity contribution is 5.81. The number of esters is 1. The van der Waals surface area contributed by atoms with Gasteiger partial charge in [-0.05, 0) is 25.3 Å². The Morgan fingerprint density at radius 2 is 1.92 bits per heavy atom. The molecule has 1 aromatic rings. The molecule has 1 aromatic carbocycles. The van der Waals surface area contributed by atoms with E-state index in [0.29, 0.717) is 12.8 Å². The molecule has 1 heterocycles. The van der Waals surface area contributed by atoms with Gasteiger partial charge in [0.25, 0.3) is 0 Å². The molecule has 1 aliphatic carbocycles. The number of carbonyl (C=O) groups excluding carboxylic acids is 2. The molecule has 24 heavy (non-hydrogen) atoms. The lowest BCUT2D eigenvalue weighted by Crippen LogP contribution is -2.34. The molecular formula is C18H22FNO4. The summed E-state index contributed by atoms with van der Waals surface area (Å²) in [7, 11) is 0. The van der Waals surface area contributed by atoms with Crippen LogP contribution in [-0.4, -0.2) is 42.8 Å². The van der Waals surface area contributed by atoms with E-state index in [-0.39, 0.29) is 32.3 Å². The average molecular weight is 335 g/mol. The monoisotopic (exact) mass is 335 g/mol. The first kappa shape index (κ1) is 16.7. The van der Waals surface area contributed by atoms with Crippen LogP contribution in [0.5, 0.6) is 0 Å². The molecule has 0 radical (unpaired) electrons. The van der Waals surface area contributed by atoms with E-state index in [1.807, 2.05) is 30.3 Å². The summed E-state index contributed by atoms with van der Waals surface area (Å²) in [6.45, 7) is 2.35. The standard InChI is InChI=1S/C18H22FNO4/c1-2-23-16(21)18(8-9-18)14-10-20(11-15(14)19)17(22)24-12-13-6-4-3-5-7-13/h3-7,14-15H,2,8-12H2,1H3/t14-,15-/m0/s1. The molecule has 0 N–H and O–H groups in total. The first-order chi connectivity index (χ1) is 11.6. The number of hydrogen-bond acceptors (Lipinski definition) is 4. The number of rotatable bonds is 5. The molecule has 1 aliphatic heterocycles. The highest BCUT2D eigenvalue weighted by Gasteiger charge is 2.61. The van der Waals surface area contributed by atoms with Crippen LogP contribution in [0.1, 0.15) is 25.3 Å². The summed E-state index contributed by atoms with van der Waals surface area (Å²) in [5.41, 5.74) is 0.132. The molecule has 2 aliphatic rings. The number of amides is 1. The quantitative estimate of drug-likeness (QED) is 0.777. The normalized spacial score (nSPS) is 24.5. The van der Waals surface area contributed by atoms with Crippen molar-refractivity contribution in [3.8, 4) is 0 Å². The molecule has 130 valence electrons. The second-order valence-corrected chi connectivity index (χ2v) is 6.44. The van der Waals surface area contributed by atoms with Gasteiger partial charge < -0.3 is 14.4 Å². The van der Waals surface area contributed by atoms with E-state index in [1.54, 1.807) is 6.92 Å². The zero-order valence-electron chi connectivity index (χ0n) is 13.7. The Balaban J connectivity index is 1.57. The molecule has 3 rings (SSSR count). The van der Waals surface area contributed by atoms with Crippen LogP contribution >= 0.6 is 0 Å². The molecule has 2 fully saturated rings. The fraction of sp³-hybridized carbons (Fsp3) is 0.556. The molecule has 0 spiro atoms. The lowest BCUT2D eigenvalue weighted by molar-refractivity contribution is -0.152. The van der Waals surface area contributed by atoms with Crippen LogP contribution in [-0.2, 0) is 20.9 Å². The molecular weight excluding hydrogens is 313 g/mol. The Hall–Kier alpha value is -2.11. The fourth-order valence-electron chi connectivity index (χ4n) is 3.38. The van der Waals surface area contributed by atoms with Crippen molar-refractivity contribution in [1.82, 2.24) is 4.90 Å². The third kappa shape index (κ3) is 3.23. The van der Waals surface area contributed by atoms with E-state index in [1.165, 1.54) is 4.90 Å². The van der Waals surface area contributed by atoms with Gasteiger partial charge in [0, 0.05) is 12.5 Å². The largest absolute Gasteiger partial charge is 0.466 e. The van der Waals surface area contributed by atoms with Crippen LogP contribution < -0.4 is 0 Å². The van der Waals surface area contributed by atoms with Gasteiger partial charge in [0.1, 0.15) is 12.8 Å². The van der Waals surface area contributed by atoms with Gasteiger partial charge in [0.2, 0.25) is 0 Å². The van der Waals surface area contributed by atoms with Crippen molar-refractivity contribution in [1.29, 1.82) is 0 Å². The minimum absolute atomic E-state index is 0.0283. The highest BCUT2D eigenvalue weighted by Crippen LogP contribution is 2.56. The van der Waals surface area contributed by atoms with Crippen LogP contribution in [0.25, 0.3) is 0 Å². The second kappa shape index (κ2) is 6.79. The summed E-state index contributed by atoms with van der Waals surface area (Å²) in [6.07, 6.45) is -0.502. The Kier molecular flexibility index (Phi) is 4.73. The van der Waals surface area contributed by atoms with E-state index in [4.69, 9.17) is 9.47 Å². The second-order valence-electron chi connectivity index (χ2n) is 6.44. The third-order valence-electron chi connectivity index (χ3n) is 4.89. The molecule has 0 aromatic heterocycles.